The predicted molar refractivity (Wildman–Crippen MR) is 85.6 cm³/mol. The minimum absolute atomic E-state index is 0.535. The number of hydrogen-bond acceptors (Lipinski definition) is 5. The number of hydrogen-bond donors (Lipinski definition) is 1. The first kappa shape index (κ1) is 14.2. The molecular formula is C15H19N5S. The summed E-state index contributed by atoms with van der Waals surface area (Å²) in [4.78, 5) is 0.862. The monoisotopic (exact) mass is 301 g/mol. The molecule has 1 aromatic carbocycles. The molecule has 0 fully saturated rings. The average molecular weight is 301 g/mol. The Balaban J connectivity index is 1.74. The Bertz CT molecular complexity index is 701. The highest BCUT2D eigenvalue weighted by atomic mass is 32.1. The third-order valence-electron chi connectivity index (χ3n) is 3.18. The van der Waals surface area contributed by atoms with Crippen LogP contribution < -0.4 is 5.32 Å². The van der Waals surface area contributed by atoms with E-state index in [0.717, 1.165) is 40.7 Å². The second-order valence-electron chi connectivity index (χ2n) is 5.29. The van der Waals surface area contributed by atoms with Crippen LogP contribution in [-0.4, -0.2) is 32.4 Å². The van der Waals surface area contributed by atoms with Gasteiger partial charge in [-0.3, -0.25) is 0 Å². The smallest absolute Gasteiger partial charge is 0.234 e. The van der Waals surface area contributed by atoms with Gasteiger partial charge in [0.1, 0.15) is 5.01 Å². The van der Waals surface area contributed by atoms with Crippen LogP contribution in [0.2, 0.25) is 0 Å². The molecular weight excluding hydrogens is 282 g/mol. The van der Waals surface area contributed by atoms with Gasteiger partial charge in [0, 0.05) is 18.0 Å². The summed E-state index contributed by atoms with van der Waals surface area (Å²) in [6, 6.07) is 10.6. The number of aryl methyl sites for hydroxylation is 1. The molecule has 2 heterocycles. The fourth-order valence-electron chi connectivity index (χ4n) is 2.16. The van der Waals surface area contributed by atoms with Gasteiger partial charge in [-0.05, 0) is 13.0 Å². The van der Waals surface area contributed by atoms with Gasteiger partial charge in [0.25, 0.3) is 0 Å². The molecule has 5 nitrogen and oxygen atoms in total. The average Bonchev–Trinajstić information content (AvgIpc) is 3.04. The quantitative estimate of drug-likeness (QED) is 0.711. The summed E-state index contributed by atoms with van der Waals surface area (Å²) < 4.78 is 1.85. The summed E-state index contributed by atoms with van der Waals surface area (Å²) in [7, 11) is 0. The van der Waals surface area contributed by atoms with Crippen molar-refractivity contribution in [1.82, 2.24) is 25.1 Å². The van der Waals surface area contributed by atoms with Gasteiger partial charge in [0.15, 0.2) is 5.82 Å². The normalized spacial score (nSPS) is 11.6. The Morgan fingerprint density at radius 3 is 2.76 bits per heavy atom. The summed E-state index contributed by atoms with van der Waals surface area (Å²) >= 11 is 1.62. The maximum atomic E-state index is 4.65. The van der Waals surface area contributed by atoms with E-state index in [1.54, 1.807) is 11.3 Å². The van der Waals surface area contributed by atoms with Gasteiger partial charge in [0.05, 0.1) is 0 Å². The molecule has 3 aromatic rings. The molecule has 0 bridgehead atoms. The van der Waals surface area contributed by atoms with Gasteiger partial charge in [-0.1, -0.05) is 55.5 Å². The van der Waals surface area contributed by atoms with Crippen molar-refractivity contribution in [3.05, 3.63) is 35.3 Å². The number of fused-ring (bicyclic) bond motifs is 1. The summed E-state index contributed by atoms with van der Waals surface area (Å²) in [5.41, 5.74) is 1.04. The summed E-state index contributed by atoms with van der Waals surface area (Å²) in [6.07, 6.45) is 2.06. The van der Waals surface area contributed by atoms with Crippen LogP contribution in [0.1, 0.15) is 25.3 Å². The second-order valence-corrected chi connectivity index (χ2v) is 6.33. The van der Waals surface area contributed by atoms with E-state index >= 15 is 0 Å². The molecule has 0 saturated carbocycles. The fourth-order valence-corrected chi connectivity index (χ4v) is 3.03. The molecule has 0 aliphatic rings. The highest BCUT2D eigenvalue weighted by Gasteiger charge is 2.12. The van der Waals surface area contributed by atoms with Crippen LogP contribution in [0.25, 0.3) is 16.3 Å². The van der Waals surface area contributed by atoms with E-state index in [1.807, 2.05) is 34.8 Å². The maximum Gasteiger partial charge on any atom is 0.234 e. The van der Waals surface area contributed by atoms with E-state index in [1.165, 1.54) is 0 Å². The zero-order valence-corrected chi connectivity index (χ0v) is 13.1. The van der Waals surface area contributed by atoms with Gasteiger partial charge in [0.2, 0.25) is 4.96 Å². The number of nitrogens with zero attached hydrogens (tertiary/aromatic N) is 4. The Hall–Kier alpha value is -1.79. The minimum Gasteiger partial charge on any atom is -0.315 e. The lowest BCUT2D eigenvalue weighted by molar-refractivity contribution is 0.569. The van der Waals surface area contributed by atoms with Crippen molar-refractivity contribution < 1.29 is 0 Å². The van der Waals surface area contributed by atoms with E-state index in [4.69, 9.17) is 0 Å². The third kappa shape index (κ3) is 3.28. The Morgan fingerprint density at radius 1 is 1.19 bits per heavy atom. The Kier molecular flexibility index (Phi) is 4.26. The molecule has 0 aliphatic carbocycles. The number of nitrogens with one attached hydrogen (secondary N) is 1. The highest BCUT2D eigenvalue weighted by Crippen LogP contribution is 2.21. The van der Waals surface area contributed by atoms with Crippen LogP contribution in [0.15, 0.2) is 30.3 Å². The van der Waals surface area contributed by atoms with Crippen LogP contribution in [0.4, 0.5) is 0 Å². The first-order chi connectivity index (χ1) is 10.2. The standard InChI is InChI=1S/C15H19N5S/c1-11(2)16-10-6-9-13-19-20-14(17-18-15(20)21-13)12-7-4-3-5-8-12/h3-5,7-8,11,16H,6,9-10H2,1-2H3. The molecule has 0 radical (unpaired) electrons. The molecule has 110 valence electrons. The second kappa shape index (κ2) is 6.32. The van der Waals surface area contributed by atoms with Crippen molar-refractivity contribution in [3.63, 3.8) is 0 Å². The van der Waals surface area contributed by atoms with Crippen molar-refractivity contribution in [1.29, 1.82) is 0 Å². The minimum atomic E-state index is 0.535. The van der Waals surface area contributed by atoms with E-state index in [2.05, 4.69) is 34.5 Å². The van der Waals surface area contributed by atoms with E-state index < -0.39 is 0 Å². The van der Waals surface area contributed by atoms with E-state index in [0.29, 0.717) is 6.04 Å². The zero-order valence-electron chi connectivity index (χ0n) is 12.3. The largest absolute Gasteiger partial charge is 0.315 e. The Labute approximate surface area is 128 Å². The molecule has 0 saturated heterocycles. The molecule has 0 unspecified atom stereocenters. The first-order valence-electron chi connectivity index (χ1n) is 7.24. The maximum absolute atomic E-state index is 4.65. The summed E-state index contributed by atoms with van der Waals surface area (Å²) in [5, 5.41) is 17.6. The lowest BCUT2D eigenvalue weighted by atomic mass is 10.2. The third-order valence-corrected chi connectivity index (χ3v) is 4.14. The lowest BCUT2D eigenvalue weighted by Crippen LogP contribution is -2.23. The van der Waals surface area contributed by atoms with Gasteiger partial charge >= 0.3 is 0 Å². The molecule has 1 N–H and O–H groups in total. The van der Waals surface area contributed by atoms with Crippen molar-refractivity contribution in [2.75, 3.05) is 6.54 Å². The number of benzene rings is 1. The first-order valence-corrected chi connectivity index (χ1v) is 8.05. The zero-order chi connectivity index (χ0) is 14.7. The van der Waals surface area contributed by atoms with Gasteiger partial charge in [-0.15, -0.1) is 10.2 Å². The summed E-state index contributed by atoms with van der Waals surface area (Å²) in [5.74, 6) is 0.813. The molecule has 21 heavy (non-hydrogen) atoms. The van der Waals surface area contributed by atoms with E-state index in [9.17, 15) is 0 Å². The van der Waals surface area contributed by atoms with Gasteiger partial charge < -0.3 is 5.32 Å². The van der Waals surface area contributed by atoms with Crippen molar-refractivity contribution in [2.24, 2.45) is 0 Å². The van der Waals surface area contributed by atoms with Crippen LogP contribution in [0.3, 0.4) is 0 Å². The fraction of sp³-hybridized carbons (Fsp3) is 0.400. The van der Waals surface area contributed by atoms with Gasteiger partial charge in [-0.2, -0.15) is 9.61 Å². The Morgan fingerprint density at radius 2 is 2.00 bits per heavy atom. The van der Waals surface area contributed by atoms with Crippen LogP contribution in [0.5, 0.6) is 0 Å². The van der Waals surface area contributed by atoms with Crippen LogP contribution in [-0.2, 0) is 6.42 Å². The molecule has 0 aliphatic heterocycles. The topological polar surface area (TPSA) is 55.1 Å². The SMILES string of the molecule is CC(C)NCCCc1nn2c(-c3ccccc3)nnc2s1. The summed E-state index contributed by atoms with van der Waals surface area (Å²) in [6.45, 7) is 5.34. The number of aromatic nitrogens is 4. The highest BCUT2D eigenvalue weighted by molar-refractivity contribution is 7.16. The molecule has 0 spiro atoms. The molecule has 3 rings (SSSR count). The predicted octanol–water partition coefficient (Wildman–Crippen LogP) is 2.78. The van der Waals surface area contributed by atoms with Crippen LogP contribution >= 0.6 is 11.3 Å². The number of rotatable bonds is 6. The molecule has 0 amide bonds. The van der Waals surface area contributed by atoms with Gasteiger partial charge in [-0.25, -0.2) is 0 Å². The van der Waals surface area contributed by atoms with Crippen LogP contribution in [0, 0.1) is 0 Å². The van der Waals surface area contributed by atoms with Crippen molar-refractivity contribution in [3.8, 4) is 11.4 Å². The van der Waals surface area contributed by atoms with E-state index in [-0.39, 0.29) is 0 Å². The van der Waals surface area contributed by atoms with Crippen molar-refractivity contribution >= 4 is 16.3 Å². The lowest BCUT2D eigenvalue weighted by Gasteiger charge is -2.05. The van der Waals surface area contributed by atoms with Crippen molar-refractivity contribution in [2.45, 2.75) is 32.7 Å². The molecule has 6 heteroatoms. The molecule has 0 atom stereocenters. The molecule has 2 aromatic heterocycles.